The van der Waals surface area contributed by atoms with Gasteiger partial charge < -0.3 is 5.32 Å². The summed E-state index contributed by atoms with van der Waals surface area (Å²) in [7, 11) is 0. The van der Waals surface area contributed by atoms with Crippen molar-refractivity contribution in [3.05, 3.63) is 32.7 Å². The molecule has 17 heavy (non-hydrogen) atoms. The van der Waals surface area contributed by atoms with Crippen LogP contribution < -0.4 is 5.32 Å². The lowest BCUT2D eigenvalue weighted by Crippen LogP contribution is -2.33. The van der Waals surface area contributed by atoms with Gasteiger partial charge in [-0.3, -0.25) is 4.79 Å². The molecule has 3 nitrogen and oxygen atoms in total. The van der Waals surface area contributed by atoms with Gasteiger partial charge in [-0.25, -0.2) is 0 Å². The van der Waals surface area contributed by atoms with Crippen LogP contribution in [0.2, 0.25) is 0 Å². The van der Waals surface area contributed by atoms with E-state index in [-0.39, 0.29) is 5.91 Å². The Morgan fingerprint density at radius 1 is 1.53 bits per heavy atom. The summed E-state index contributed by atoms with van der Waals surface area (Å²) in [5.74, 6) is -0.232. The van der Waals surface area contributed by atoms with Gasteiger partial charge in [-0.2, -0.15) is 5.26 Å². The zero-order valence-electron chi connectivity index (χ0n) is 9.34. The first-order valence-corrected chi connectivity index (χ1v) is 6.82. The predicted molar refractivity (Wildman–Crippen MR) is 73.6 cm³/mol. The summed E-state index contributed by atoms with van der Waals surface area (Å²) in [5.41, 5.74) is 0.532. The Morgan fingerprint density at radius 2 is 2.24 bits per heavy atom. The number of carbonyl (C=O) groups is 1. The van der Waals surface area contributed by atoms with Crippen molar-refractivity contribution >= 4 is 37.8 Å². The third kappa shape index (κ3) is 4.14. The van der Waals surface area contributed by atoms with Crippen molar-refractivity contribution in [2.45, 2.75) is 25.8 Å². The van der Waals surface area contributed by atoms with E-state index in [0.717, 1.165) is 10.9 Å². The first-order chi connectivity index (χ1) is 8.08. The van der Waals surface area contributed by atoms with Crippen molar-refractivity contribution in [1.82, 2.24) is 5.32 Å². The molecule has 0 aliphatic rings. The average molecular weight is 360 g/mol. The summed E-state index contributed by atoms with van der Waals surface area (Å²) in [6, 6.07) is 6.96. The van der Waals surface area contributed by atoms with Gasteiger partial charge >= 0.3 is 0 Å². The highest BCUT2D eigenvalue weighted by atomic mass is 79.9. The molecule has 1 aromatic carbocycles. The first-order valence-electron chi connectivity index (χ1n) is 5.24. The third-order valence-electron chi connectivity index (χ3n) is 2.21. The molecule has 0 saturated carbocycles. The molecule has 5 heteroatoms. The molecule has 1 aromatic rings. The van der Waals surface area contributed by atoms with E-state index in [9.17, 15) is 4.79 Å². The van der Waals surface area contributed by atoms with Gasteiger partial charge in [-0.1, -0.05) is 29.3 Å². The Morgan fingerprint density at radius 3 is 2.76 bits per heavy atom. The van der Waals surface area contributed by atoms with Crippen LogP contribution in [0.1, 0.15) is 30.1 Å². The molecule has 1 N–H and O–H groups in total. The second kappa shape index (κ2) is 6.77. The minimum Gasteiger partial charge on any atom is -0.336 e. The Bertz CT molecular complexity index is 454. The molecule has 0 aromatic heterocycles. The minimum atomic E-state index is -0.428. The zero-order chi connectivity index (χ0) is 12.8. The molecule has 90 valence electrons. The molecule has 0 heterocycles. The van der Waals surface area contributed by atoms with Gasteiger partial charge in [0.15, 0.2) is 0 Å². The van der Waals surface area contributed by atoms with Crippen LogP contribution in [0.15, 0.2) is 27.1 Å². The molecule has 0 fully saturated rings. The monoisotopic (exact) mass is 358 g/mol. The van der Waals surface area contributed by atoms with Gasteiger partial charge in [0, 0.05) is 8.95 Å². The largest absolute Gasteiger partial charge is 0.336 e. The highest BCUT2D eigenvalue weighted by molar-refractivity contribution is 9.11. The maximum atomic E-state index is 11.9. The minimum absolute atomic E-state index is 0.232. The molecule has 0 aliphatic heterocycles. The Balaban J connectivity index is 2.79. The molecule has 0 saturated heterocycles. The van der Waals surface area contributed by atoms with E-state index in [2.05, 4.69) is 43.2 Å². The van der Waals surface area contributed by atoms with E-state index in [1.54, 1.807) is 18.2 Å². The number of rotatable bonds is 4. The molecular formula is C12H12Br2N2O. The number of nitriles is 1. The molecular weight excluding hydrogens is 348 g/mol. The smallest absolute Gasteiger partial charge is 0.253 e. The number of amides is 1. The molecule has 1 unspecified atom stereocenters. The fraction of sp³-hybridized carbons (Fsp3) is 0.333. The maximum Gasteiger partial charge on any atom is 0.253 e. The average Bonchev–Trinajstić information content (AvgIpc) is 2.28. The van der Waals surface area contributed by atoms with Gasteiger partial charge in [0.2, 0.25) is 0 Å². The van der Waals surface area contributed by atoms with E-state index in [1.165, 1.54) is 0 Å². The van der Waals surface area contributed by atoms with Crippen LogP contribution in [0.3, 0.4) is 0 Å². The van der Waals surface area contributed by atoms with Crippen molar-refractivity contribution in [2.75, 3.05) is 0 Å². The lowest BCUT2D eigenvalue weighted by molar-refractivity contribution is 0.0943. The summed E-state index contributed by atoms with van der Waals surface area (Å²) in [6.07, 6.45) is 1.52. The van der Waals surface area contributed by atoms with Crippen LogP contribution in [0, 0.1) is 11.3 Å². The summed E-state index contributed by atoms with van der Waals surface area (Å²) >= 11 is 6.65. The fourth-order valence-electron chi connectivity index (χ4n) is 1.37. The van der Waals surface area contributed by atoms with E-state index >= 15 is 0 Å². The lowest BCUT2D eigenvalue weighted by atomic mass is 10.1. The van der Waals surface area contributed by atoms with E-state index in [1.807, 2.05) is 6.92 Å². The summed E-state index contributed by atoms with van der Waals surface area (Å²) in [6.45, 7) is 1.98. The van der Waals surface area contributed by atoms with Gasteiger partial charge in [0.25, 0.3) is 5.91 Å². The van der Waals surface area contributed by atoms with Gasteiger partial charge in [-0.15, -0.1) is 0 Å². The predicted octanol–water partition coefficient (Wildman–Crippen LogP) is 3.63. The van der Waals surface area contributed by atoms with Crippen LogP contribution in [-0.2, 0) is 0 Å². The Labute approximate surface area is 117 Å². The molecule has 0 aliphatic carbocycles. The number of hydrogen-bond acceptors (Lipinski definition) is 2. The topological polar surface area (TPSA) is 52.9 Å². The van der Waals surface area contributed by atoms with Crippen molar-refractivity contribution in [2.24, 2.45) is 0 Å². The molecule has 1 amide bonds. The van der Waals surface area contributed by atoms with E-state index in [4.69, 9.17) is 5.26 Å². The normalized spacial score (nSPS) is 11.6. The van der Waals surface area contributed by atoms with Crippen LogP contribution >= 0.6 is 31.9 Å². The standard InChI is InChI=1S/C12H12Br2N2O/c1-2-3-9(7-15)16-12(17)10-5-4-8(13)6-11(10)14/h4-6,9H,2-3H2,1H3,(H,16,17). The van der Waals surface area contributed by atoms with Crippen LogP contribution in [0.4, 0.5) is 0 Å². The number of hydrogen-bond donors (Lipinski definition) is 1. The SMILES string of the molecule is CCCC(C#N)NC(=O)c1ccc(Br)cc1Br. The highest BCUT2D eigenvalue weighted by Crippen LogP contribution is 2.22. The molecule has 1 atom stereocenters. The van der Waals surface area contributed by atoms with Crippen LogP contribution in [0.5, 0.6) is 0 Å². The van der Waals surface area contributed by atoms with Crippen molar-refractivity contribution in [3.8, 4) is 6.07 Å². The van der Waals surface area contributed by atoms with Gasteiger partial charge in [0.05, 0.1) is 11.6 Å². The Hall–Kier alpha value is -0.860. The van der Waals surface area contributed by atoms with Crippen molar-refractivity contribution in [3.63, 3.8) is 0 Å². The summed E-state index contributed by atoms with van der Waals surface area (Å²) in [5, 5.41) is 11.6. The lowest BCUT2D eigenvalue weighted by Gasteiger charge is -2.11. The molecule has 1 rings (SSSR count). The number of nitrogens with zero attached hydrogens (tertiary/aromatic N) is 1. The number of halogens is 2. The molecule has 0 radical (unpaired) electrons. The number of benzene rings is 1. The summed E-state index contributed by atoms with van der Waals surface area (Å²) < 4.78 is 1.60. The van der Waals surface area contributed by atoms with Gasteiger partial charge in [-0.05, 0) is 40.5 Å². The fourth-order valence-corrected chi connectivity index (χ4v) is 2.59. The molecule has 0 bridgehead atoms. The second-order valence-corrected chi connectivity index (χ2v) is 5.34. The zero-order valence-corrected chi connectivity index (χ0v) is 12.5. The highest BCUT2D eigenvalue weighted by Gasteiger charge is 2.14. The van der Waals surface area contributed by atoms with E-state index in [0.29, 0.717) is 16.5 Å². The van der Waals surface area contributed by atoms with Gasteiger partial charge in [0.1, 0.15) is 6.04 Å². The van der Waals surface area contributed by atoms with Crippen molar-refractivity contribution < 1.29 is 4.79 Å². The quantitative estimate of drug-likeness (QED) is 0.892. The van der Waals surface area contributed by atoms with Crippen LogP contribution in [-0.4, -0.2) is 11.9 Å². The molecule has 0 spiro atoms. The Kier molecular flexibility index (Phi) is 5.66. The number of carbonyl (C=O) groups excluding carboxylic acids is 1. The number of nitrogens with one attached hydrogen (secondary N) is 1. The van der Waals surface area contributed by atoms with Crippen LogP contribution in [0.25, 0.3) is 0 Å². The second-order valence-electron chi connectivity index (χ2n) is 3.57. The van der Waals surface area contributed by atoms with Crippen molar-refractivity contribution in [1.29, 1.82) is 5.26 Å². The summed E-state index contributed by atoms with van der Waals surface area (Å²) in [4.78, 5) is 11.9. The third-order valence-corrected chi connectivity index (χ3v) is 3.36. The van der Waals surface area contributed by atoms with E-state index < -0.39 is 6.04 Å². The maximum absolute atomic E-state index is 11.9. The first kappa shape index (κ1) is 14.2.